The second-order valence-corrected chi connectivity index (χ2v) is 8.15. The van der Waals surface area contributed by atoms with Gasteiger partial charge in [-0.3, -0.25) is 14.1 Å². The summed E-state index contributed by atoms with van der Waals surface area (Å²) in [7, 11) is -8.30. The van der Waals surface area contributed by atoms with E-state index in [1.165, 1.54) is 0 Å². The SMILES string of the molecule is O=P(O)(O)CCCP(=O)(O)c1ccc(C(F)(F)F)cn1. The molecule has 0 aromatic carbocycles. The largest absolute Gasteiger partial charge is 0.417 e. The molecule has 1 aromatic heterocycles. The van der Waals surface area contributed by atoms with Crippen molar-refractivity contribution in [1.29, 1.82) is 0 Å². The molecular weight excluding hydrogens is 321 g/mol. The molecule has 0 aliphatic rings. The van der Waals surface area contributed by atoms with Crippen molar-refractivity contribution >= 4 is 20.4 Å². The smallest absolute Gasteiger partial charge is 0.340 e. The van der Waals surface area contributed by atoms with Crippen LogP contribution in [0.4, 0.5) is 13.2 Å². The minimum Gasteiger partial charge on any atom is -0.340 e. The molecule has 11 heteroatoms. The highest BCUT2D eigenvalue weighted by Gasteiger charge is 2.32. The Labute approximate surface area is 112 Å². The maximum absolute atomic E-state index is 12.3. The summed E-state index contributed by atoms with van der Waals surface area (Å²) >= 11 is 0. The van der Waals surface area contributed by atoms with Crippen molar-refractivity contribution in [2.75, 3.05) is 12.3 Å². The zero-order valence-corrected chi connectivity index (χ0v) is 11.8. The van der Waals surface area contributed by atoms with Crippen LogP contribution in [-0.4, -0.2) is 32.0 Å². The van der Waals surface area contributed by atoms with E-state index in [9.17, 15) is 27.2 Å². The van der Waals surface area contributed by atoms with Crippen LogP contribution < -0.4 is 5.44 Å². The molecule has 0 aliphatic carbocycles. The Hall–Kier alpha value is -0.720. The van der Waals surface area contributed by atoms with Crippen LogP contribution in [0.15, 0.2) is 18.3 Å². The highest BCUT2D eigenvalue weighted by molar-refractivity contribution is 7.65. The van der Waals surface area contributed by atoms with Crippen molar-refractivity contribution < 1.29 is 37.0 Å². The minimum atomic E-state index is -4.59. The van der Waals surface area contributed by atoms with Gasteiger partial charge in [-0.05, 0) is 18.6 Å². The standard InChI is InChI=1S/C9H12F3NO5P2/c10-9(11,12)7-2-3-8(13-6-7)19(14,15)4-1-5-20(16,17)18/h2-3,6H,1,4-5H2,(H,14,15)(H2,16,17,18). The first kappa shape index (κ1) is 17.3. The van der Waals surface area contributed by atoms with E-state index < -0.39 is 44.5 Å². The van der Waals surface area contributed by atoms with Crippen LogP contribution in [0.25, 0.3) is 0 Å². The quantitative estimate of drug-likeness (QED) is 0.706. The zero-order valence-electron chi connectivity index (χ0n) is 9.99. The Bertz CT molecular complexity index is 554. The minimum absolute atomic E-state index is 0.235. The van der Waals surface area contributed by atoms with Crippen molar-refractivity contribution in [3.8, 4) is 0 Å². The molecule has 114 valence electrons. The van der Waals surface area contributed by atoms with Gasteiger partial charge in [-0.15, -0.1) is 0 Å². The van der Waals surface area contributed by atoms with Crippen LogP contribution >= 0.6 is 15.0 Å². The van der Waals surface area contributed by atoms with Crippen molar-refractivity contribution in [2.24, 2.45) is 0 Å². The molecule has 1 atom stereocenters. The van der Waals surface area contributed by atoms with Crippen molar-refractivity contribution in [1.82, 2.24) is 4.98 Å². The highest BCUT2D eigenvalue weighted by Crippen LogP contribution is 2.43. The van der Waals surface area contributed by atoms with Crippen LogP contribution in [0.3, 0.4) is 0 Å². The first-order valence-electron chi connectivity index (χ1n) is 5.32. The lowest BCUT2D eigenvalue weighted by molar-refractivity contribution is -0.137. The number of rotatable bonds is 5. The third-order valence-electron chi connectivity index (χ3n) is 2.34. The number of hydrogen-bond acceptors (Lipinski definition) is 3. The van der Waals surface area contributed by atoms with Gasteiger partial charge in [-0.1, -0.05) is 0 Å². The number of halogens is 3. The maximum Gasteiger partial charge on any atom is 0.417 e. The Balaban J connectivity index is 2.78. The van der Waals surface area contributed by atoms with Crippen molar-refractivity contribution in [3.05, 3.63) is 23.9 Å². The van der Waals surface area contributed by atoms with E-state index in [1.54, 1.807) is 0 Å². The number of alkyl halides is 3. The predicted molar refractivity (Wildman–Crippen MR) is 65.1 cm³/mol. The van der Waals surface area contributed by atoms with Gasteiger partial charge >= 0.3 is 13.8 Å². The molecule has 0 saturated carbocycles. The summed E-state index contributed by atoms with van der Waals surface area (Å²) in [6.07, 6.45) is -5.41. The van der Waals surface area contributed by atoms with Crippen LogP contribution in [0.5, 0.6) is 0 Å². The third kappa shape index (κ3) is 5.34. The maximum atomic E-state index is 12.3. The van der Waals surface area contributed by atoms with E-state index in [0.717, 1.165) is 6.07 Å². The normalized spacial score (nSPS) is 15.9. The average molecular weight is 333 g/mol. The molecule has 1 rings (SSSR count). The Morgan fingerprint density at radius 2 is 1.70 bits per heavy atom. The van der Waals surface area contributed by atoms with Crippen LogP contribution in [-0.2, 0) is 15.3 Å². The number of aromatic nitrogens is 1. The van der Waals surface area contributed by atoms with Crippen molar-refractivity contribution in [2.45, 2.75) is 12.6 Å². The van der Waals surface area contributed by atoms with E-state index >= 15 is 0 Å². The number of hydrogen-bond donors (Lipinski definition) is 3. The van der Waals surface area contributed by atoms with Gasteiger partial charge in [0.25, 0.3) is 0 Å². The molecule has 0 amide bonds. The van der Waals surface area contributed by atoms with E-state index in [4.69, 9.17) is 9.79 Å². The second-order valence-electron chi connectivity index (χ2n) is 4.07. The summed E-state index contributed by atoms with van der Waals surface area (Å²) in [6, 6.07) is 1.43. The monoisotopic (exact) mass is 333 g/mol. The van der Waals surface area contributed by atoms with E-state index in [0.29, 0.717) is 12.3 Å². The molecule has 0 fully saturated rings. The third-order valence-corrected chi connectivity index (χ3v) is 5.15. The Morgan fingerprint density at radius 1 is 1.10 bits per heavy atom. The van der Waals surface area contributed by atoms with E-state index in [1.807, 2.05) is 0 Å². The fraction of sp³-hybridized carbons (Fsp3) is 0.444. The second kappa shape index (κ2) is 5.95. The first-order valence-corrected chi connectivity index (χ1v) is 8.96. The summed E-state index contributed by atoms with van der Waals surface area (Å²) in [5.74, 6) is 0. The Morgan fingerprint density at radius 3 is 2.10 bits per heavy atom. The summed E-state index contributed by atoms with van der Waals surface area (Å²) in [5, 5.41) is 0. The average Bonchev–Trinajstić information content (AvgIpc) is 2.26. The van der Waals surface area contributed by atoms with Gasteiger partial charge in [0, 0.05) is 12.4 Å². The lowest BCUT2D eigenvalue weighted by atomic mass is 10.3. The molecule has 0 saturated heterocycles. The highest BCUT2D eigenvalue weighted by atomic mass is 31.2. The summed E-state index contributed by atoms with van der Waals surface area (Å²) in [4.78, 5) is 30.2. The van der Waals surface area contributed by atoms with Crippen LogP contribution in [0, 0.1) is 0 Å². The van der Waals surface area contributed by atoms with Gasteiger partial charge in [0.1, 0.15) is 5.44 Å². The molecule has 3 N–H and O–H groups in total. The molecule has 0 radical (unpaired) electrons. The molecule has 1 heterocycles. The summed E-state index contributed by atoms with van der Waals surface area (Å²) < 4.78 is 59.3. The Kier molecular flexibility index (Phi) is 5.16. The lowest BCUT2D eigenvalue weighted by Crippen LogP contribution is -2.15. The molecular formula is C9H12F3NO5P2. The topological polar surface area (TPSA) is 108 Å². The number of nitrogens with zero attached hydrogens (tertiary/aromatic N) is 1. The molecule has 6 nitrogen and oxygen atoms in total. The van der Waals surface area contributed by atoms with Gasteiger partial charge in [0.2, 0.25) is 7.37 Å². The molecule has 1 unspecified atom stereocenters. The van der Waals surface area contributed by atoms with E-state index in [-0.39, 0.29) is 6.42 Å². The number of pyridine rings is 1. The lowest BCUT2D eigenvalue weighted by Gasteiger charge is -2.12. The molecule has 0 aliphatic heterocycles. The summed E-state index contributed by atoms with van der Waals surface area (Å²) in [6.45, 7) is 0. The molecule has 20 heavy (non-hydrogen) atoms. The molecule has 1 aromatic rings. The molecule has 0 spiro atoms. The first-order chi connectivity index (χ1) is 8.92. The summed E-state index contributed by atoms with van der Waals surface area (Å²) in [5.41, 5.74) is -1.47. The molecule has 0 bridgehead atoms. The fourth-order valence-corrected chi connectivity index (χ4v) is 3.55. The van der Waals surface area contributed by atoms with Crippen molar-refractivity contribution in [3.63, 3.8) is 0 Å². The van der Waals surface area contributed by atoms with Crippen LogP contribution in [0.1, 0.15) is 12.0 Å². The zero-order chi connectivity index (χ0) is 15.6. The van der Waals surface area contributed by atoms with Crippen LogP contribution in [0.2, 0.25) is 0 Å². The fourth-order valence-electron chi connectivity index (χ4n) is 1.37. The van der Waals surface area contributed by atoms with Gasteiger partial charge in [0.05, 0.1) is 11.7 Å². The van der Waals surface area contributed by atoms with Gasteiger partial charge in [0.15, 0.2) is 0 Å². The predicted octanol–water partition coefficient (Wildman–Crippen LogP) is 1.56. The van der Waals surface area contributed by atoms with E-state index in [2.05, 4.69) is 4.98 Å². The van der Waals surface area contributed by atoms with Gasteiger partial charge < -0.3 is 14.7 Å². The van der Waals surface area contributed by atoms with Gasteiger partial charge in [-0.2, -0.15) is 13.2 Å². The van der Waals surface area contributed by atoms with Gasteiger partial charge in [-0.25, -0.2) is 0 Å².